The first-order valence-electron chi connectivity index (χ1n) is 7.21. The second-order valence-electron chi connectivity index (χ2n) is 5.30. The molecule has 1 aliphatic rings. The predicted molar refractivity (Wildman–Crippen MR) is 82.5 cm³/mol. The molecule has 116 valence electrons. The van der Waals surface area contributed by atoms with Crippen LogP contribution >= 0.6 is 15.9 Å². The predicted octanol–water partition coefficient (Wildman–Crippen LogP) is 1.37. The SMILES string of the molecule is CCc1nn(C)c(CN2C(=O)C(C)NC(=O)C2CC)c1Br. The summed E-state index contributed by atoms with van der Waals surface area (Å²) in [5.41, 5.74) is 1.88. The zero-order valence-electron chi connectivity index (χ0n) is 12.8. The van der Waals surface area contributed by atoms with Gasteiger partial charge in [0.05, 0.1) is 22.4 Å². The number of aromatic nitrogens is 2. The second-order valence-corrected chi connectivity index (χ2v) is 6.10. The monoisotopic (exact) mass is 356 g/mol. The minimum Gasteiger partial charge on any atom is -0.343 e. The Labute approximate surface area is 133 Å². The summed E-state index contributed by atoms with van der Waals surface area (Å²) < 4.78 is 2.70. The second kappa shape index (κ2) is 6.17. The van der Waals surface area contributed by atoms with Gasteiger partial charge in [0.1, 0.15) is 12.1 Å². The molecule has 2 heterocycles. The molecule has 0 saturated carbocycles. The highest BCUT2D eigenvalue weighted by molar-refractivity contribution is 9.10. The van der Waals surface area contributed by atoms with Crippen LogP contribution in [0, 0.1) is 0 Å². The maximum Gasteiger partial charge on any atom is 0.245 e. The summed E-state index contributed by atoms with van der Waals surface area (Å²) in [7, 11) is 1.86. The lowest BCUT2D eigenvalue weighted by Gasteiger charge is -2.37. The van der Waals surface area contributed by atoms with E-state index in [1.165, 1.54) is 0 Å². The molecule has 2 atom stereocenters. The Morgan fingerprint density at radius 2 is 2.00 bits per heavy atom. The summed E-state index contributed by atoms with van der Waals surface area (Å²) in [6, 6.07) is -0.890. The van der Waals surface area contributed by atoms with Crippen molar-refractivity contribution in [1.29, 1.82) is 0 Å². The smallest absolute Gasteiger partial charge is 0.245 e. The third-order valence-electron chi connectivity index (χ3n) is 3.90. The van der Waals surface area contributed by atoms with Gasteiger partial charge < -0.3 is 10.2 Å². The van der Waals surface area contributed by atoms with Gasteiger partial charge in [0.15, 0.2) is 0 Å². The number of halogens is 1. The molecule has 1 aromatic heterocycles. The molecule has 1 aromatic rings. The van der Waals surface area contributed by atoms with Crippen molar-refractivity contribution in [3.63, 3.8) is 0 Å². The van der Waals surface area contributed by atoms with Crippen LogP contribution in [0.4, 0.5) is 0 Å². The van der Waals surface area contributed by atoms with Gasteiger partial charge in [-0.05, 0) is 35.7 Å². The summed E-state index contributed by atoms with van der Waals surface area (Å²) in [5, 5.41) is 7.17. The van der Waals surface area contributed by atoms with Crippen molar-refractivity contribution in [2.75, 3.05) is 0 Å². The van der Waals surface area contributed by atoms with Gasteiger partial charge in [-0.25, -0.2) is 0 Å². The summed E-state index contributed by atoms with van der Waals surface area (Å²) in [5.74, 6) is -0.133. The van der Waals surface area contributed by atoms with Crippen LogP contribution < -0.4 is 5.32 Å². The van der Waals surface area contributed by atoms with Gasteiger partial charge in [0, 0.05) is 7.05 Å². The molecule has 6 nitrogen and oxygen atoms in total. The number of hydrogen-bond acceptors (Lipinski definition) is 3. The largest absolute Gasteiger partial charge is 0.343 e. The van der Waals surface area contributed by atoms with E-state index < -0.39 is 12.1 Å². The average molecular weight is 357 g/mol. The number of nitrogens with zero attached hydrogens (tertiary/aromatic N) is 3. The minimum absolute atomic E-state index is 0.0485. The summed E-state index contributed by atoms with van der Waals surface area (Å²) in [6.45, 7) is 6.05. The number of rotatable bonds is 4. The fourth-order valence-electron chi connectivity index (χ4n) is 2.66. The first kappa shape index (κ1) is 16.0. The molecular weight excluding hydrogens is 336 g/mol. The van der Waals surface area contributed by atoms with E-state index in [1.807, 2.05) is 20.9 Å². The molecule has 2 rings (SSSR count). The van der Waals surface area contributed by atoms with Crippen LogP contribution in [-0.4, -0.2) is 38.6 Å². The van der Waals surface area contributed by atoms with Crippen LogP contribution in [0.15, 0.2) is 4.47 Å². The highest BCUT2D eigenvalue weighted by Crippen LogP contribution is 2.25. The Balaban J connectivity index is 2.33. The number of piperazine rings is 1. The minimum atomic E-state index is -0.474. The van der Waals surface area contributed by atoms with Gasteiger partial charge >= 0.3 is 0 Å². The van der Waals surface area contributed by atoms with Crippen molar-refractivity contribution in [3.8, 4) is 0 Å². The van der Waals surface area contributed by atoms with E-state index in [1.54, 1.807) is 16.5 Å². The Hall–Kier alpha value is -1.37. The van der Waals surface area contributed by atoms with Crippen molar-refractivity contribution in [2.24, 2.45) is 7.05 Å². The van der Waals surface area contributed by atoms with Crippen molar-refractivity contribution < 1.29 is 9.59 Å². The molecular formula is C14H21BrN4O2. The van der Waals surface area contributed by atoms with Crippen molar-refractivity contribution in [1.82, 2.24) is 20.0 Å². The van der Waals surface area contributed by atoms with Crippen LogP contribution in [0.1, 0.15) is 38.6 Å². The topological polar surface area (TPSA) is 67.2 Å². The first-order valence-corrected chi connectivity index (χ1v) is 8.01. The summed E-state index contributed by atoms with van der Waals surface area (Å²) >= 11 is 3.56. The Bertz CT molecular complexity index is 570. The fourth-order valence-corrected chi connectivity index (χ4v) is 3.40. The average Bonchev–Trinajstić information content (AvgIpc) is 2.71. The molecule has 0 spiro atoms. The first-order chi connectivity index (χ1) is 9.90. The van der Waals surface area contributed by atoms with Crippen LogP contribution in [-0.2, 0) is 29.6 Å². The van der Waals surface area contributed by atoms with Gasteiger partial charge in [-0.15, -0.1) is 0 Å². The van der Waals surface area contributed by atoms with Crippen molar-refractivity contribution >= 4 is 27.7 Å². The number of amides is 2. The van der Waals surface area contributed by atoms with Gasteiger partial charge in [0.2, 0.25) is 11.8 Å². The van der Waals surface area contributed by atoms with Gasteiger partial charge in [-0.2, -0.15) is 5.10 Å². The molecule has 0 bridgehead atoms. The quantitative estimate of drug-likeness (QED) is 0.885. The number of nitrogens with one attached hydrogen (secondary N) is 1. The molecule has 0 aromatic carbocycles. The van der Waals surface area contributed by atoms with E-state index in [9.17, 15) is 9.59 Å². The molecule has 0 aliphatic carbocycles. The number of carbonyl (C=O) groups excluding carboxylic acids is 2. The third-order valence-corrected chi connectivity index (χ3v) is 4.82. The number of carbonyl (C=O) groups is 2. The molecule has 1 aliphatic heterocycles. The zero-order valence-corrected chi connectivity index (χ0v) is 14.4. The maximum absolute atomic E-state index is 12.4. The molecule has 1 fully saturated rings. The van der Waals surface area contributed by atoms with E-state index in [0.717, 1.165) is 22.3 Å². The number of aryl methyl sites for hydroxylation is 2. The summed E-state index contributed by atoms with van der Waals surface area (Å²) in [6.07, 6.45) is 1.41. The van der Waals surface area contributed by atoms with Crippen LogP contribution in [0.25, 0.3) is 0 Å². The molecule has 21 heavy (non-hydrogen) atoms. The number of hydrogen-bond donors (Lipinski definition) is 1. The lowest BCUT2D eigenvalue weighted by Crippen LogP contribution is -2.61. The van der Waals surface area contributed by atoms with E-state index in [2.05, 4.69) is 26.3 Å². The van der Waals surface area contributed by atoms with E-state index in [0.29, 0.717) is 13.0 Å². The lowest BCUT2D eigenvalue weighted by atomic mass is 10.1. The van der Waals surface area contributed by atoms with Crippen molar-refractivity contribution in [2.45, 2.75) is 52.2 Å². The van der Waals surface area contributed by atoms with Crippen LogP contribution in [0.5, 0.6) is 0 Å². The van der Waals surface area contributed by atoms with Gasteiger partial charge in [-0.1, -0.05) is 13.8 Å². The fraction of sp³-hybridized carbons (Fsp3) is 0.643. The molecule has 2 unspecified atom stereocenters. The molecule has 1 saturated heterocycles. The Morgan fingerprint density at radius 1 is 1.33 bits per heavy atom. The highest BCUT2D eigenvalue weighted by Gasteiger charge is 2.38. The highest BCUT2D eigenvalue weighted by atomic mass is 79.9. The van der Waals surface area contributed by atoms with Crippen LogP contribution in [0.2, 0.25) is 0 Å². The maximum atomic E-state index is 12.4. The van der Waals surface area contributed by atoms with Gasteiger partial charge in [-0.3, -0.25) is 14.3 Å². The zero-order chi connectivity index (χ0) is 15.7. The summed E-state index contributed by atoms with van der Waals surface area (Å²) in [4.78, 5) is 26.1. The normalized spacial score (nSPS) is 22.6. The van der Waals surface area contributed by atoms with E-state index >= 15 is 0 Å². The van der Waals surface area contributed by atoms with E-state index in [4.69, 9.17) is 0 Å². The Morgan fingerprint density at radius 3 is 2.52 bits per heavy atom. The van der Waals surface area contributed by atoms with Crippen LogP contribution in [0.3, 0.4) is 0 Å². The molecule has 2 amide bonds. The lowest BCUT2D eigenvalue weighted by molar-refractivity contribution is -0.149. The van der Waals surface area contributed by atoms with E-state index in [-0.39, 0.29) is 11.8 Å². The van der Waals surface area contributed by atoms with Crippen molar-refractivity contribution in [3.05, 3.63) is 15.9 Å². The van der Waals surface area contributed by atoms with Gasteiger partial charge in [0.25, 0.3) is 0 Å². The molecule has 0 radical (unpaired) electrons. The standard InChI is InChI=1S/C14H21BrN4O2/c1-5-9-12(15)11(18(4)17-9)7-19-10(6-2)13(20)16-8(3)14(19)21/h8,10H,5-7H2,1-4H3,(H,16,20). The molecule has 7 heteroatoms. The third kappa shape index (κ3) is 2.84. The molecule has 1 N–H and O–H groups in total. The Kier molecular flexibility index (Phi) is 4.70.